The van der Waals surface area contributed by atoms with Crippen LogP contribution in [-0.2, 0) is 0 Å². The average Bonchev–Trinajstić information content (AvgIpc) is 3.67. The van der Waals surface area contributed by atoms with Gasteiger partial charge in [0.05, 0.1) is 45.9 Å². The van der Waals surface area contributed by atoms with E-state index in [-0.39, 0.29) is 6.04 Å². The Morgan fingerprint density at radius 1 is 0.562 bits per heavy atom. The van der Waals surface area contributed by atoms with Crippen molar-refractivity contribution >= 4 is 43.6 Å². The number of fused-ring (bicyclic) bond motifs is 6. The van der Waals surface area contributed by atoms with Gasteiger partial charge in [-0.2, -0.15) is 10.5 Å². The van der Waals surface area contributed by atoms with E-state index in [1.807, 2.05) is 36.4 Å². The van der Waals surface area contributed by atoms with Gasteiger partial charge in [-0.1, -0.05) is 103 Å². The van der Waals surface area contributed by atoms with E-state index in [0.717, 1.165) is 62.0 Å². The molecular formula is C44H28N4. The molecule has 48 heavy (non-hydrogen) atoms. The van der Waals surface area contributed by atoms with Gasteiger partial charge in [0.25, 0.3) is 0 Å². The zero-order valence-electron chi connectivity index (χ0n) is 26.0. The molecule has 0 saturated heterocycles. The number of benzene rings is 6. The van der Waals surface area contributed by atoms with Crippen LogP contribution in [0.3, 0.4) is 0 Å². The second-order valence-electron chi connectivity index (χ2n) is 12.3. The summed E-state index contributed by atoms with van der Waals surface area (Å²) in [5.41, 5.74) is 11.5. The highest BCUT2D eigenvalue weighted by molar-refractivity contribution is 6.15. The SMILES string of the molecule is N#CC1=CC=CCC1n1c2ccccc2c2ccc(-c3ccccc3-c3cccc4c5ccccc5n(-c5ccc(C#N)cc5)c34)cc21. The lowest BCUT2D eigenvalue weighted by Crippen LogP contribution is -2.12. The minimum Gasteiger partial charge on any atom is -0.332 e. The van der Waals surface area contributed by atoms with Gasteiger partial charge < -0.3 is 9.13 Å². The smallest absolute Gasteiger partial charge is 0.0991 e. The third-order valence-electron chi connectivity index (χ3n) is 9.76. The molecule has 2 heterocycles. The van der Waals surface area contributed by atoms with Gasteiger partial charge in [-0.3, -0.25) is 0 Å². The van der Waals surface area contributed by atoms with Crippen molar-refractivity contribution in [2.45, 2.75) is 12.5 Å². The maximum Gasteiger partial charge on any atom is 0.0991 e. The van der Waals surface area contributed by atoms with E-state index in [1.165, 1.54) is 21.5 Å². The summed E-state index contributed by atoms with van der Waals surface area (Å²) in [5, 5.41) is 24.3. The Morgan fingerprint density at radius 2 is 1.23 bits per heavy atom. The number of hydrogen-bond donors (Lipinski definition) is 0. The lowest BCUT2D eigenvalue weighted by molar-refractivity contribution is 0.626. The number of nitriles is 2. The molecule has 2 aromatic heterocycles. The zero-order chi connectivity index (χ0) is 32.2. The van der Waals surface area contributed by atoms with Gasteiger partial charge in [-0.05, 0) is 71.7 Å². The zero-order valence-corrected chi connectivity index (χ0v) is 26.0. The van der Waals surface area contributed by atoms with Crippen molar-refractivity contribution in [2.75, 3.05) is 0 Å². The maximum absolute atomic E-state index is 10.1. The maximum atomic E-state index is 10.1. The molecule has 8 aromatic rings. The van der Waals surface area contributed by atoms with E-state index in [0.29, 0.717) is 5.56 Å². The molecule has 4 nitrogen and oxygen atoms in total. The molecular weight excluding hydrogens is 585 g/mol. The first kappa shape index (κ1) is 27.7. The number of aromatic nitrogens is 2. The summed E-state index contributed by atoms with van der Waals surface area (Å²) in [5.74, 6) is 0. The van der Waals surface area contributed by atoms with Crippen LogP contribution in [0.5, 0.6) is 0 Å². The quantitative estimate of drug-likeness (QED) is 0.199. The van der Waals surface area contributed by atoms with Crippen molar-refractivity contribution in [3.8, 4) is 40.1 Å². The molecule has 0 N–H and O–H groups in total. The second kappa shape index (κ2) is 11.0. The summed E-state index contributed by atoms with van der Waals surface area (Å²) in [7, 11) is 0. The van der Waals surface area contributed by atoms with Crippen LogP contribution in [0.2, 0.25) is 0 Å². The van der Waals surface area contributed by atoms with Gasteiger partial charge in [0.2, 0.25) is 0 Å². The predicted octanol–water partition coefficient (Wildman–Crippen LogP) is 11.0. The molecule has 0 bridgehead atoms. The highest BCUT2D eigenvalue weighted by atomic mass is 15.0. The minimum atomic E-state index is -0.0650. The first-order chi connectivity index (χ1) is 23.7. The van der Waals surface area contributed by atoms with Crippen molar-refractivity contribution in [1.29, 1.82) is 10.5 Å². The summed E-state index contributed by atoms with van der Waals surface area (Å²) in [6, 6.07) is 51.5. The third kappa shape index (κ3) is 4.14. The molecule has 0 aliphatic heterocycles. The van der Waals surface area contributed by atoms with Gasteiger partial charge in [-0.15, -0.1) is 0 Å². The monoisotopic (exact) mass is 612 g/mol. The average molecular weight is 613 g/mol. The summed E-state index contributed by atoms with van der Waals surface area (Å²) >= 11 is 0. The molecule has 0 amide bonds. The van der Waals surface area contributed by atoms with E-state index in [9.17, 15) is 10.5 Å². The van der Waals surface area contributed by atoms with Crippen LogP contribution < -0.4 is 0 Å². The molecule has 4 heteroatoms. The first-order valence-corrected chi connectivity index (χ1v) is 16.2. The van der Waals surface area contributed by atoms with E-state index < -0.39 is 0 Å². The number of rotatable bonds is 4. The molecule has 0 fully saturated rings. The van der Waals surface area contributed by atoms with Crippen LogP contribution in [-0.4, -0.2) is 9.13 Å². The molecule has 1 aliphatic carbocycles. The van der Waals surface area contributed by atoms with E-state index in [1.54, 1.807) is 0 Å². The Bertz CT molecular complexity index is 2720. The third-order valence-corrected chi connectivity index (χ3v) is 9.76. The molecule has 9 rings (SSSR count). The summed E-state index contributed by atoms with van der Waals surface area (Å²) in [6.07, 6.45) is 6.86. The largest absolute Gasteiger partial charge is 0.332 e. The van der Waals surface area contributed by atoms with Crippen molar-refractivity contribution in [1.82, 2.24) is 9.13 Å². The lowest BCUT2D eigenvalue weighted by atomic mass is 9.92. The summed E-state index contributed by atoms with van der Waals surface area (Å²) in [4.78, 5) is 0. The van der Waals surface area contributed by atoms with Gasteiger partial charge in [-0.25, -0.2) is 0 Å². The molecule has 224 valence electrons. The number of nitrogens with zero attached hydrogens (tertiary/aromatic N) is 4. The molecule has 0 spiro atoms. The summed E-state index contributed by atoms with van der Waals surface area (Å²) < 4.78 is 4.68. The Morgan fingerprint density at radius 3 is 2.02 bits per heavy atom. The fourth-order valence-electron chi connectivity index (χ4n) is 7.64. The topological polar surface area (TPSA) is 57.4 Å². The van der Waals surface area contributed by atoms with Crippen LogP contribution in [0.15, 0.2) is 157 Å². The van der Waals surface area contributed by atoms with E-state index >= 15 is 0 Å². The van der Waals surface area contributed by atoms with E-state index in [4.69, 9.17) is 0 Å². The first-order valence-electron chi connectivity index (χ1n) is 16.2. The van der Waals surface area contributed by atoms with Crippen molar-refractivity contribution in [3.63, 3.8) is 0 Å². The lowest BCUT2D eigenvalue weighted by Gasteiger charge is -2.22. The normalized spacial score (nSPS) is 14.4. The highest BCUT2D eigenvalue weighted by Crippen LogP contribution is 2.43. The fraction of sp³-hybridized carbons (Fsp3) is 0.0455. The second-order valence-corrected chi connectivity index (χ2v) is 12.3. The molecule has 1 atom stereocenters. The van der Waals surface area contributed by atoms with Gasteiger partial charge >= 0.3 is 0 Å². The molecule has 0 radical (unpaired) electrons. The Labute approximate surface area is 277 Å². The van der Waals surface area contributed by atoms with Crippen LogP contribution in [0.1, 0.15) is 18.0 Å². The van der Waals surface area contributed by atoms with Crippen molar-refractivity contribution in [2.24, 2.45) is 0 Å². The van der Waals surface area contributed by atoms with Crippen molar-refractivity contribution < 1.29 is 0 Å². The van der Waals surface area contributed by atoms with Gasteiger partial charge in [0, 0.05) is 38.3 Å². The number of para-hydroxylation sites is 3. The predicted molar refractivity (Wildman–Crippen MR) is 196 cm³/mol. The minimum absolute atomic E-state index is 0.0650. The summed E-state index contributed by atoms with van der Waals surface area (Å²) in [6.45, 7) is 0. The molecule has 1 aliphatic rings. The van der Waals surface area contributed by atoms with Crippen molar-refractivity contribution in [3.05, 3.63) is 163 Å². The fourth-order valence-corrected chi connectivity index (χ4v) is 7.64. The Hall–Kier alpha value is -6.62. The molecule has 6 aromatic carbocycles. The van der Waals surface area contributed by atoms with Crippen LogP contribution in [0, 0.1) is 22.7 Å². The van der Waals surface area contributed by atoms with Crippen LogP contribution >= 0.6 is 0 Å². The van der Waals surface area contributed by atoms with Gasteiger partial charge in [0.15, 0.2) is 0 Å². The standard InChI is InChI=1S/C44H28N4/c45-27-29-20-23-32(24-21-29)47-41-18-7-5-14-36(41)39-16-9-15-38(44(39)47)34-12-3-2-11-33(34)30-22-25-37-35-13-4-8-19-42(35)48(43(37)26-30)40-17-6-1-10-31(40)28-46/h1-16,18-26,40H,17H2. The van der Waals surface area contributed by atoms with Gasteiger partial charge in [0.1, 0.15) is 0 Å². The van der Waals surface area contributed by atoms with E-state index in [2.05, 4.69) is 137 Å². The number of hydrogen-bond acceptors (Lipinski definition) is 2. The number of allylic oxidation sites excluding steroid dienone is 4. The highest BCUT2D eigenvalue weighted by Gasteiger charge is 2.23. The van der Waals surface area contributed by atoms with Crippen LogP contribution in [0.25, 0.3) is 71.6 Å². The Kier molecular flexibility index (Phi) is 6.35. The van der Waals surface area contributed by atoms with Crippen LogP contribution in [0.4, 0.5) is 0 Å². The Balaban J connectivity index is 1.30. The molecule has 1 unspecified atom stereocenters. The molecule has 0 saturated carbocycles.